The topological polar surface area (TPSA) is 77.4 Å². The Kier molecular flexibility index (Phi) is 9.88. The Hall–Kier alpha value is -2.42. The lowest BCUT2D eigenvalue weighted by atomic mass is 9.98. The van der Waals surface area contributed by atoms with Gasteiger partial charge >= 0.3 is 0 Å². The van der Waals surface area contributed by atoms with Gasteiger partial charge in [-0.2, -0.15) is 0 Å². The minimum absolute atomic E-state index is 0. The fourth-order valence-electron chi connectivity index (χ4n) is 3.40. The molecule has 0 aliphatic carbocycles. The number of ketones is 1. The van der Waals surface area contributed by atoms with Gasteiger partial charge in [0.15, 0.2) is 17.4 Å². The monoisotopic (exact) mass is 454 g/mol. The van der Waals surface area contributed by atoms with Crippen LogP contribution in [0.15, 0.2) is 36.4 Å². The molecule has 1 aliphatic rings. The summed E-state index contributed by atoms with van der Waals surface area (Å²) in [5, 5.41) is 9.71. The molecule has 2 aromatic carbocycles. The van der Waals surface area contributed by atoms with Gasteiger partial charge in [0.25, 0.3) is 0 Å². The summed E-state index contributed by atoms with van der Waals surface area (Å²) in [6.07, 6.45) is -0.309. The first-order valence-electron chi connectivity index (χ1n) is 10.4. The maximum absolute atomic E-state index is 14.9. The van der Waals surface area contributed by atoms with Gasteiger partial charge in [0.2, 0.25) is 0 Å². The molecule has 0 spiro atoms. The predicted octanol–water partition coefficient (Wildman–Crippen LogP) is 0.333. The standard InChI is InChI=1S/C20H21F2NO3.C4H11N.FH/c1-12-9-23(10-13(2)26-12)19-15(11-24)8-16(17(21)18(19)22)20(25)14-6-4-3-5-7-14;1-4(2,3)5;/h3-8,12-13,24H,9-11H2,1-2H3;5H2,1-3H3;1H/t12-,13+;;. The van der Waals surface area contributed by atoms with Crippen LogP contribution in [0.4, 0.5) is 14.5 Å². The first kappa shape index (κ1) is 27.6. The van der Waals surface area contributed by atoms with Crippen LogP contribution in [0.5, 0.6) is 0 Å². The molecule has 0 radical (unpaired) electrons. The highest BCUT2D eigenvalue weighted by molar-refractivity contribution is 6.09. The van der Waals surface area contributed by atoms with Gasteiger partial charge in [-0.1, -0.05) is 30.3 Å². The average molecular weight is 455 g/mol. The number of quaternary nitrogens is 1. The Morgan fingerprint density at radius 3 is 2.09 bits per heavy atom. The van der Waals surface area contributed by atoms with E-state index in [4.69, 9.17) is 4.74 Å². The lowest BCUT2D eigenvalue weighted by Gasteiger charge is -2.38. The molecule has 1 heterocycles. The molecule has 4 N–H and O–H groups in total. The molecule has 8 heteroatoms. The highest BCUT2D eigenvalue weighted by Gasteiger charge is 2.30. The van der Waals surface area contributed by atoms with Crippen LogP contribution in [-0.4, -0.2) is 41.7 Å². The summed E-state index contributed by atoms with van der Waals surface area (Å²) in [4.78, 5) is 14.2. The number of carbonyl (C=O) groups is 1. The Morgan fingerprint density at radius 2 is 1.62 bits per heavy atom. The smallest absolute Gasteiger partial charge is 0.196 e. The Morgan fingerprint density at radius 1 is 1.12 bits per heavy atom. The molecule has 178 valence electrons. The summed E-state index contributed by atoms with van der Waals surface area (Å²) in [5.41, 5.74) is 4.08. The minimum atomic E-state index is -1.20. The summed E-state index contributed by atoms with van der Waals surface area (Å²) < 4.78 is 35.3. The van der Waals surface area contributed by atoms with Crippen LogP contribution in [-0.2, 0) is 11.3 Å². The third kappa shape index (κ3) is 7.32. The third-order valence-corrected chi connectivity index (χ3v) is 4.45. The average Bonchev–Trinajstić information content (AvgIpc) is 2.68. The van der Waals surface area contributed by atoms with Gasteiger partial charge in [0.05, 0.1) is 35.6 Å². The van der Waals surface area contributed by atoms with Crippen molar-refractivity contribution >= 4 is 11.5 Å². The van der Waals surface area contributed by atoms with Crippen molar-refractivity contribution < 1.29 is 33.9 Å². The van der Waals surface area contributed by atoms with Crippen LogP contribution in [0.25, 0.3) is 0 Å². The largest absolute Gasteiger partial charge is 1.00 e. The molecule has 2 atom stereocenters. The van der Waals surface area contributed by atoms with Crippen LogP contribution in [0.1, 0.15) is 56.1 Å². The van der Waals surface area contributed by atoms with Crippen LogP contribution in [0, 0.1) is 11.6 Å². The molecule has 0 amide bonds. The molecule has 0 unspecified atom stereocenters. The van der Waals surface area contributed by atoms with E-state index < -0.39 is 24.0 Å². The number of hydrogen-bond acceptors (Lipinski definition) is 4. The zero-order valence-corrected chi connectivity index (χ0v) is 19.3. The van der Waals surface area contributed by atoms with E-state index in [1.165, 1.54) is 18.2 Å². The predicted molar refractivity (Wildman–Crippen MR) is 117 cm³/mol. The van der Waals surface area contributed by atoms with Gasteiger partial charge in [-0.25, -0.2) is 8.78 Å². The van der Waals surface area contributed by atoms with Gasteiger partial charge < -0.3 is 25.2 Å². The van der Waals surface area contributed by atoms with Crippen molar-refractivity contribution in [2.45, 2.75) is 59.0 Å². The fraction of sp³-hybridized carbons (Fsp3) is 0.458. The van der Waals surface area contributed by atoms with Crippen molar-refractivity contribution in [3.63, 3.8) is 0 Å². The number of carbonyl (C=O) groups excluding carboxylic acids is 1. The van der Waals surface area contributed by atoms with E-state index >= 15 is 0 Å². The molecule has 0 bridgehead atoms. The number of rotatable bonds is 4. The first-order chi connectivity index (χ1) is 14.4. The van der Waals surface area contributed by atoms with Crippen molar-refractivity contribution in [3.05, 3.63) is 64.7 Å². The highest BCUT2D eigenvalue weighted by atomic mass is 19.2. The molecule has 5 nitrogen and oxygen atoms in total. The van der Waals surface area contributed by atoms with E-state index in [0.717, 1.165) is 0 Å². The van der Waals surface area contributed by atoms with Gasteiger partial charge in [-0.05, 0) is 40.7 Å². The lowest BCUT2D eigenvalue weighted by Crippen LogP contribution is -3.00. The van der Waals surface area contributed by atoms with E-state index in [-0.39, 0.29) is 44.8 Å². The SMILES string of the molecule is CC(C)(C)[NH3+].C[C@@H]1CN(c2c(CO)cc(C(=O)c3ccccc3)c(F)c2F)C[C@H](C)O1.[F-]. The van der Waals surface area contributed by atoms with Gasteiger partial charge in [-0.15, -0.1) is 0 Å². The molecular formula is C24H33F3N2O3. The second kappa shape index (κ2) is 11.4. The molecular weight excluding hydrogens is 421 g/mol. The zero-order chi connectivity index (χ0) is 23.3. The Balaban J connectivity index is 0.000000770. The molecule has 0 aromatic heterocycles. The number of halogens is 3. The summed E-state index contributed by atoms with van der Waals surface area (Å²) in [6.45, 7) is 10.2. The summed E-state index contributed by atoms with van der Waals surface area (Å²) in [6, 6.07) is 9.36. The number of hydrogen-bond donors (Lipinski definition) is 2. The van der Waals surface area contributed by atoms with E-state index in [0.29, 0.717) is 13.1 Å². The van der Waals surface area contributed by atoms with Crippen molar-refractivity contribution in [1.82, 2.24) is 0 Å². The van der Waals surface area contributed by atoms with Crippen molar-refractivity contribution in [3.8, 4) is 0 Å². The molecule has 32 heavy (non-hydrogen) atoms. The van der Waals surface area contributed by atoms with Gasteiger partial charge in [0, 0.05) is 24.2 Å². The highest BCUT2D eigenvalue weighted by Crippen LogP contribution is 2.32. The zero-order valence-electron chi connectivity index (χ0n) is 19.3. The number of benzene rings is 2. The first-order valence-corrected chi connectivity index (χ1v) is 10.4. The van der Waals surface area contributed by atoms with E-state index in [1.807, 2.05) is 13.8 Å². The molecule has 3 rings (SSSR count). The fourth-order valence-corrected chi connectivity index (χ4v) is 3.40. The van der Waals surface area contributed by atoms with Crippen molar-refractivity contribution in [2.24, 2.45) is 0 Å². The van der Waals surface area contributed by atoms with Crippen molar-refractivity contribution in [2.75, 3.05) is 18.0 Å². The molecule has 1 aliphatic heterocycles. The lowest BCUT2D eigenvalue weighted by molar-refractivity contribution is -0.458. The van der Waals surface area contributed by atoms with Crippen molar-refractivity contribution in [1.29, 1.82) is 0 Å². The summed E-state index contributed by atoms with van der Waals surface area (Å²) in [7, 11) is 0. The van der Waals surface area contributed by atoms with E-state index in [9.17, 15) is 18.7 Å². The summed E-state index contributed by atoms with van der Waals surface area (Å²) >= 11 is 0. The van der Waals surface area contributed by atoms with E-state index in [1.54, 1.807) is 23.1 Å². The third-order valence-electron chi connectivity index (χ3n) is 4.45. The number of ether oxygens (including phenoxy) is 1. The number of morpholine rings is 1. The maximum Gasteiger partial charge on any atom is 0.196 e. The number of aliphatic hydroxyl groups is 1. The second-order valence-corrected chi connectivity index (χ2v) is 9.14. The maximum atomic E-state index is 14.9. The number of anilines is 1. The quantitative estimate of drug-likeness (QED) is 0.653. The van der Waals surface area contributed by atoms with Crippen LogP contribution < -0.4 is 15.3 Å². The van der Waals surface area contributed by atoms with Crippen LogP contribution in [0.2, 0.25) is 0 Å². The Bertz CT molecular complexity index is 886. The molecule has 0 saturated carbocycles. The molecule has 1 fully saturated rings. The van der Waals surface area contributed by atoms with Crippen LogP contribution >= 0.6 is 0 Å². The normalized spacial score (nSPS) is 18.3. The second-order valence-electron chi connectivity index (χ2n) is 9.14. The molecule has 1 saturated heterocycles. The van der Waals surface area contributed by atoms with Gasteiger partial charge in [-0.3, -0.25) is 4.79 Å². The Labute approximate surface area is 187 Å². The van der Waals surface area contributed by atoms with Gasteiger partial charge in [0.1, 0.15) is 0 Å². The number of aliphatic hydroxyl groups excluding tert-OH is 1. The number of nitrogens with zero attached hydrogens (tertiary/aromatic N) is 1. The van der Waals surface area contributed by atoms with E-state index in [2.05, 4.69) is 26.5 Å². The molecule has 2 aromatic rings. The minimum Gasteiger partial charge on any atom is -1.00 e. The van der Waals surface area contributed by atoms with Crippen LogP contribution in [0.3, 0.4) is 0 Å². The summed E-state index contributed by atoms with van der Waals surface area (Å²) in [5.74, 6) is -2.93.